The van der Waals surface area contributed by atoms with Crippen LogP contribution in [-0.2, 0) is 21.3 Å². The van der Waals surface area contributed by atoms with E-state index < -0.39 is 27.2 Å². The first-order valence-corrected chi connectivity index (χ1v) is 12.7. The number of fused-ring (bicyclic) bond motifs is 1. The fourth-order valence-electron chi connectivity index (χ4n) is 3.63. The molecule has 1 heterocycles. The van der Waals surface area contributed by atoms with Crippen molar-refractivity contribution in [2.45, 2.75) is 11.4 Å². The van der Waals surface area contributed by atoms with Crippen LogP contribution in [0.5, 0.6) is 0 Å². The van der Waals surface area contributed by atoms with Gasteiger partial charge in [-0.25, -0.2) is 18.0 Å². The van der Waals surface area contributed by atoms with E-state index in [-0.39, 0.29) is 48.5 Å². The van der Waals surface area contributed by atoms with Gasteiger partial charge in [0.25, 0.3) is 15.6 Å². The van der Waals surface area contributed by atoms with E-state index >= 15 is 0 Å². The average molecular weight is 545 g/mol. The number of rotatable bonds is 7. The smallest absolute Gasteiger partial charge is 0.346 e. The van der Waals surface area contributed by atoms with Gasteiger partial charge < -0.3 is 4.74 Å². The lowest BCUT2D eigenvalue weighted by atomic mass is 10.1. The van der Waals surface area contributed by atoms with Crippen molar-refractivity contribution in [3.8, 4) is 0 Å². The van der Waals surface area contributed by atoms with Crippen LogP contribution >= 0.6 is 23.2 Å². The van der Waals surface area contributed by atoms with Crippen molar-refractivity contribution >= 4 is 50.1 Å². The second kappa shape index (κ2) is 10.1. The Bertz CT molecular complexity index is 1720. The number of hydrogen-bond acceptors (Lipinski definition) is 6. The summed E-state index contributed by atoms with van der Waals surface area (Å²) in [5, 5.41) is 0.460. The quantitative estimate of drug-likeness (QED) is 0.256. The molecule has 0 aliphatic rings. The molecule has 1 aromatic heterocycles. The van der Waals surface area contributed by atoms with Crippen LogP contribution in [-0.4, -0.2) is 29.5 Å². The summed E-state index contributed by atoms with van der Waals surface area (Å²) in [6.45, 7) is 3.25. The van der Waals surface area contributed by atoms with Crippen molar-refractivity contribution in [2.24, 2.45) is 0 Å². The van der Waals surface area contributed by atoms with E-state index in [1.54, 1.807) is 18.2 Å². The SMILES string of the molecule is C=CCOC(=O)c1ccccc1Cn1c(=O)n(S(=O)(=O)c2ccc(Cl)cc2)c(=O)c2ccc(Cl)cc21. The van der Waals surface area contributed by atoms with E-state index in [0.717, 1.165) is 4.57 Å². The normalized spacial score (nSPS) is 11.4. The number of hydrogen-bond donors (Lipinski definition) is 0. The first kappa shape index (κ1) is 25.4. The van der Waals surface area contributed by atoms with E-state index in [0.29, 0.717) is 5.56 Å². The number of aromatic nitrogens is 2. The highest BCUT2D eigenvalue weighted by atomic mass is 35.5. The van der Waals surface area contributed by atoms with Crippen molar-refractivity contribution in [2.75, 3.05) is 6.61 Å². The van der Waals surface area contributed by atoms with E-state index in [9.17, 15) is 22.8 Å². The summed E-state index contributed by atoms with van der Waals surface area (Å²) < 4.78 is 33.2. The average Bonchev–Trinajstić information content (AvgIpc) is 2.85. The zero-order valence-electron chi connectivity index (χ0n) is 18.6. The van der Waals surface area contributed by atoms with Gasteiger partial charge in [0.2, 0.25) is 0 Å². The second-order valence-corrected chi connectivity index (χ2v) is 10.3. The Morgan fingerprint density at radius 1 is 0.972 bits per heavy atom. The predicted molar refractivity (Wildman–Crippen MR) is 138 cm³/mol. The molecule has 11 heteroatoms. The van der Waals surface area contributed by atoms with Gasteiger partial charge in [0.05, 0.1) is 27.9 Å². The Hall–Kier alpha value is -3.66. The fraction of sp³-hybridized carbons (Fsp3) is 0.0800. The van der Waals surface area contributed by atoms with Crippen LogP contribution in [0.15, 0.2) is 93.9 Å². The Morgan fingerprint density at radius 3 is 2.33 bits per heavy atom. The van der Waals surface area contributed by atoms with Crippen LogP contribution in [0.25, 0.3) is 10.9 Å². The number of esters is 1. The molecule has 0 atom stereocenters. The Balaban J connectivity index is 1.99. The summed E-state index contributed by atoms with van der Waals surface area (Å²) in [4.78, 5) is 39.1. The molecule has 0 saturated carbocycles. The van der Waals surface area contributed by atoms with Crippen LogP contribution in [0.4, 0.5) is 0 Å². The summed E-state index contributed by atoms with van der Waals surface area (Å²) in [7, 11) is -4.60. The third-order valence-corrected chi connectivity index (χ3v) is 7.48. The molecule has 0 N–H and O–H groups in total. The minimum atomic E-state index is -4.60. The van der Waals surface area contributed by atoms with Crippen LogP contribution in [0.3, 0.4) is 0 Å². The molecule has 184 valence electrons. The molecule has 4 rings (SSSR count). The number of ether oxygens (including phenoxy) is 1. The maximum atomic E-state index is 13.6. The zero-order chi connectivity index (χ0) is 26.0. The molecule has 0 spiro atoms. The summed E-state index contributed by atoms with van der Waals surface area (Å²) in [5.41, 5.74) is -1.52. The summed E-state index contributed by atoms with van der Waals surface area (Å²) >= 11 is 12.0. The molecular formula is C25H18Cl2N2O6S. The van der Waals surface area contributed by atoms with Gasteiger partial charge in [0.1, 0.15) is 6.61 Å². The minimum absolute atomic E-state index is 0.0180. The third kappa shape index (κ3) is 4.73. The van der Waals surface area contributed by atoms with Crippen molar-refractivity contribution in [3.63, 3.8) is 0 Å². The molecule has 0 unspecified atom stereocenters. The molecule has 3 aromatic carbocycles. The first-order valence-electron chi connectivity index (χ1n) is 10.5. The third-order valence-electron chi connectivity index (χ3n) is 5.32. The van der Waals surface area contributed by atoms with E-state index in [2.05, 4.69) is 6.58 Å². The highest BCUT2D eigenvalue weighted by Gasteiger charge is 2.26. The largest absolute Gasteiger partial charge is 0.458 e. The number of carbonyl (C=O) groups is 1. The molecule has 0 bridgehead atoms. The van der Waals surface area contributed by atoms with Gasteiger partial charge in [-0.05, 0) is 54.1 Å². The summed E-state index contributed by atoms with van der Waals surface area (Å²) in [6.07, 6.45) is 1.41. The molecule has 0 aliphatic carbocycles. The predicted octanol–water partition coefficient (Wildman–Crippen LogP) is 4.10. The topological polar surface area (TPSA) is 104 Å². The van der Waals surface area contributed by atoms with Gasteiger partial charge >= 0.3 is 11.7 Å². The molecule has 0 saturated heterocycles. The Morgan fingerprint density at radius 2 is 1.64 bits per heavy atom. The van der Waals surface area contributed by atoms with Crippen LogP contribution in [0, 0.1) is 0 Å². The van der Waals surface area contributed by atoms with Crippen LogP contribution < -0.4 is 11.2 Å². The summed E-state index contributed by atoms with van der Waals surface area (Å²) in [6, 6.07) is 15.6. The van der Waals surface area contributed by atoms with Gasteiger partial charge in [-0.1, -0.05) is 54.1 Å². The molecule has 8 nitrogen and oxygen atoms in total. The molecule has 36 heavy (non-hydrogen) atoms. The van der Waals surface area contributed by atoms with Gasteiger partial charge in [-0.2, -0.15) is 0 Å². The van der Waals surface area contributed by atoms with Gasteiger partial charge in [0.15, 0.2) is 0 Å². The molecule has 0 radical (unpaired) electrons. The number of halogens is 2. The highest BCUT2D eigenvalue weighted by molar-refractivity contribution is 7.90. The lowest BCUT2D eigenvalue weighted by Crippen LogP contribution is -2.44. The highest BCUT2D eigenvalue weighted by Crippen LogP contribution is 2.20. The number of carbonyl (C=O) groups excluding carboxylic acids is 1. The molecule has 0 fully saturated rings. The van der Waals surface area contributed by atoms with Gasteiger partial charge in [-0.15, -0.1) is 3.97 Å². The van der Waals surface area contributed by atoms with E-state index in [4.69, 9.17) is 27.9 Å². The van der Waals surface area contributed by atoms with E-state index in [1.165, 1.54) is 54.6 Å². The van der Waals surface area contributed by atoms with E-state index in [1.807, 2.05) is 0 Å². The standard InChI is InChI=1S/C25H18Cl2N2O6S/c1-2-13-35-24(31)20-6-4-3-5-16(20)15-28-22-14-18(27)9-12-21(22)23(30)29(25(28)32)36(33,34)19-10-7-17(26)8-11-19/h2-12,14H,1,13,15H2. The Labute approximate surface area is 215 Å². The monoisotopic (exact) mass is 544 g/mol. The van der Waals surface area contributed by atoms with Crippen LogP contribution in [0.1, 0.15) is 15.9 Å². The van der Waals surface area contributed by atoms with Gasteiger partial charge in [0, 0.05) is 10.0 Å². The number of benzene rings is 3. The minimum Gasteiger partial charge on any atom is -0.458 e. The summed E-state index contributed by atoms with van der Waals surface area (Å²) in [5.74, 6) is -0.650. The lowest BCUT2D eigenvalue weighted by molar-refractivity contribution is 0.0548. The lowest BCUT2D eigenvalue weighted by Gasteiger charge is -2.16. The zero-order valence-corrected chi connectivity index (χ0v) is 20.9. The van der Waals surface area contributed by atoms with Gasteiger partial charge in [-0.3, -0.25) is 9.36 Å². The molecule has 0 amide bonds. The molecule has 0 aliphatic heterocycles. The maximum absolute atomic E-state index is 13.6. The molecule has 4 aromatic rings. The molecular weight excluding hydrogens is 527 g/mol. The van der Waals surface area contributed by atoms with Crippen molar-refractivity contribution in [1.82, 2.24) is 8.54 Å². The van der Waals surface area contributed by atoms with Crippen molar-refractivity contribution in [3.05, 3.63) is 121 Å². The Kier molecular flexibility index (Phi) is 7.16. The van der Waals surface area contributed by atoms with Crippen LogP contribution in [0.2, 0.25) is 10.0 Å². The van der Waals surface area contributed by atoms with Crippen molar-refractivity contribution in [1.29, 1.82) is 0 Å². The van der Waals surface area contributed by atoms with Crippen molar-refractivity contribution < 1.29 is 17.9 Å². The number of nitrogens with zero attached hydrogens (tertiary/aromatic N) is 2. The first-order chi connectivity index (χ1) is 17.1. The maximum Gasteiger partial charge on any atom is 0.346 e. The fourth-order valence-corrected chi connectivity index (χ4v) is 5.24. The second-order valence-electron chi connectivity index (χ2n) is 7.60.